The van der Waals surface area contributed by atoms with Crippen LogP contribution in [-0.4, -0.2) is 53.2 Å². The summed E-state index contributed by atoms with van der Waals surface area (Å²) in [7, 11) is 0. The standard InChI is InChI=1S/C19H22F3N3O2/c1-2-24(12-18(26)27)14-6-9-25(10-7-14)17-5-8-23-16-11-13(19(20,21)22)3-4-15(16)17/h3-5,8,11,14H,2,6-7,9-10,12H2,1H3,(H,26,27). The number of likely N-dealkylation sites (N-methyl/N-ethyl adjacent to an activating group) is 1. The van der Waals surface area contributed by atoms with Gasteiger partial charge in [0.25, 0.3) is 0 Å². The van der Waals surface area contributed by atoms with Crippen molar-refractivity contribution in [2.24, 2.45) is 0 Å². The first-order valence-corrected chi connectivity index (χ1v) is 8.96. The molecule has 1 saturated heterocycles. The van der Waals surface area contributed by atoms with Crippen molar-refractivity contribution in [1.29, 1.82) is 0 Å². The SMILES string of the molecule is CCN(CC(=O)O)C1CCN(c2ccnc3cc(C(F)(F)F)ccc23)CC1. The minimum absolute atomic E-state index is 0.0274. The summed E-state index contributed by atoms with van der Waals surface area (Å²) < 4.78 is 38.8. The molecule has 0 atom stereocenters. The topological polar surface area (TPSA) is 56.7 Å². The van der Waals surface area contributed by atoms with Gasteiger partial charge in [-0.15, -0.1) is 0 Å². The highest BCUT2D eigenvalue weighted by atomic mass is 19.4. The smallest absolute Gasteiger partial charge is 0.416 e. The molecule has 2 heterocycles. The molecule has 146 valence electrons. The van der Waals surface area contributed by atoms with Crippen molar-refractivity contribution in [2.45, 2.75) is 32.0 Å². The van der Waals surface area contributed by atoms with E-state index >= 15 is 0 Å². The Balaban J connectivity index is 1.78. The number of carboxylic acid groups (broad SMARTS) is 1. The number of fused-ring (bicyclic) bond motifs is 1. The van der Waals surface area contributed by atoms with Gasteiger partial charge in [-0.2, -0.15) is 13.2 Å². The van der Waals surface area contributed by atoms with E-state index in [1.807, 2.05) is 17.9 Å². The van der Waals surface area contributed by atoms with Gasteiger partial charge in [-0.25, -0.2) is 0 Å². The summed E-state index contributed by atoms with van der Waals surface area (Å²) in [5.74, 6) is -0.833. The summed E-state index contributed by atoms with van der Waals surface area (Å²) in [5, 5.41) is 9.73. The Kier molecular flexibility index (Phi) is 5.55. The van der Waals surface area contributed by atoms with Crippen molar-refractivity contribution >= 4 is 22.6 Å². The van der Waals surface area contributed by atoms with Crippen LogP contribution in [0.15, 0.2) is 30.5 Å². The van der Waals surface area contributed by atoms with Crippen LogP contribution in [0.25, 0.3) is 10.9 Å². The van der Waals surface area contributed by atoms with Gasteiger partial charge in [-0.3, -0.25) is 14.7 Å². The number of aliphatic carboxylic acids is 1. The average Bonchev–Trinajstić information content (AvgIpc) is 2.64. The normalized spacial score (nSPS) is 16.3. The van der Waals surface area contributed by atoms with Gasteiger partial charge in [0.1, 0.15) is 0 Å². The molecule has 1 aromatic heterocycles. The second-order valence-electron chi connectivity index (χ2n) is 6.73. The van der Waals surface area contributed by atoms with Crippen LogP contribution in [0.1, 0.15) is 25.3 Å². The molecular formula is C19H22F3N3O2. The first-order chi connectivity index (χ1) is 12.8. The molecule has 0 spiro atoms. The van der Waals surface area contributed by atoms with Crippen LogP contribution in [-0.2, 0) is 11.0 Å². The molecule has 0 aliphatic carbocycles. The lowest BCUT2D eigenvalue weighted by molar-refractivity contribution is -0.139. The zero-order chi connectivity index (χ0) is 19.6. The number of halogens is 3. The van der Waals surface area contributed by atoms with E-state index in [1.165, 1.54) is 12.3 Å². The Labute approximate surface area is 155 Å². The van der Waals surface area contributed by atoms with Crippen LogP contribution < -0.4 is 4.90 Å². The van der Waals surface area contributed by atoms with Gasteiger partial charge >= 0.3 is 12.1 Å². The molecule has 5 nitrogen and oxygen atoms in total. The summed E-state index contributed by atoms with van der Waals surface area (Å²) in [5.41, 5.74) is 0.490. The quantitative estimate of drug-likeness (QED) is 0.857. The maximum Gasteiger partial charge on any atom is 0.416 e. The van der Waals surface area contributed by atoms with Crippen LogP contribution in [0, 0.1) is 0 Å². The Morgan fingerprint density at radius 3 is 2.59 bits per heavy atom. The number of alkyl halides is 3. The summed E-state index contributed by atoms with van der Waals surface area (Å²) in [6.07, 6.45) is -1.23. The van der Waals surface area contributed by atoms with Crippen molar-refractivity contribution in [3.63, 3.8) is 0 Å². The fraction of sp³-hybridized carbons (Fsp3) is 0.474. The highest BCUT2D eigenvalue weighted by Gasteiger charge is 2.31. The molecule has 0 radical (unpaired) electrons. The van der Waals surface area contributed by atoms with Gasteiger partial charge in [0.15, 0.2) is 0 Å². The van der Waals surface area contributed by atoms with Crippen molar-refractivity contribution in [1.82, 2.24) is 9.88 Å². The Hall–Kier alpha value is -2.35. The molecule has 3 rings (SSSR count). The van der Waals surface area contributed by atoms with E-state index in [0.29, 0.717) is 17.4 Å². The highest BCUT2D eigenvalue weighted by molar-refractivity contribution is 5.92. The number of hydrogen-bond acceptors (Lipinski definition) is 4. The van der Waals surface area contributed by atoms with Gasteiger partial charge in [0, 0.05) is 36.4 Å². The molecule has 8 heteroatoms. The number of nitrogens with zero attached hydrogens (tertiary/aromatic N) is 3. The fourth-order valence-electron chi connectivity index (χ4n) is 3.73. The van der Waals surface area contributed by atoms with E-state index in [0.717, 1.165) is 43.8 Å². The maximum absolute atomic E-state index is 12.9. The number of anilines is 1. The fourth-order valence-corrected chi connectivity index (χ4v) is 3.73. The molecular weight excluding hydrogens is 359 g/mol. The van der Waals surface area contributed by atoms with Crippen molar-refractivity contribution in [3.05, 3.63) is 36.0 Å². The first-order valence-electron chi connectivity index (χ1n) is 8.96. The van der Waals surface area contributed by atoms with Crippen LogP contribution in [0.4, 0.5) is 18.9 Å². The minimum Gasteiger partial charge on any atom is -0.480 e. The maximum atomic E-state index is 12.9. The van der Waals surface area contributed by atoms with E-state index in [9.17, 15) is 18.0 Å². The molecule has 2 aromatic rings. The van der Waals surface area contributed by atoms with E-state index in [2.05, 4.69) is 9.88 Å². The Morgan fingerprint density at radius 1 is 1.30 bits per heavy atom. The van der Waals surface area contributed by atoms with E-state index in [-0.39, 0.29) is 12.6 Å². The monoisotopic (exact) mass is 381 g/mol. The number of pyridine rings is 1. The lowest BCUT2D eigenvalue weighted by Gasteiger charge is -2.38. The third-order valence-electron chi connectivity index (χ3n) is 5.11. The number of piperidine rings is 1. The molecule has 1 N–H and O–H groups in total. The van der Waals surface area contributed by atoms with Gasteiger partial charge in [-0.05, 0) is 37.6 Å². The molecule has 1 aliphatic rings. The average molecular weight is 381 g/mol. The largest absolute Gasteiger partial charge is 0.480 e. The molecule has 1 fully saturated rings. The number of carboxylic acids is 1. The number of aromatic nitrogens is 1. The van der Waals surface area contributed by atoms with E-state index in [1.54, 1.807) is 0 Å². The van der Waals surface area contributed by atoms with Gasteiger partial charge in [0.2, 0.25) is 0 Å². The summed E-state index contributed by atoms with van der Waals surface area (Å²) in [6, 6.07) is 5.68. The third kappa shape index (κ3) is 4.32. The molecule has 1 aliphatic heterocycles. The lowest BCUT2D eigenvalue weighted by Crippen LogP contribution is -2.46. The molecule has 27 heavy (non-hydrogen) atoms. The predicted octanol–water partition coefficient (Wildman–Crippen LogP) is 3.63. The van der Waals surface area contributed by atoms with Crippen LogP contribution in [0.3, 0.4) is 0 Å². The predicted molar refractivity (Wildman–Crippen MR) is 96.9 cm³/mol. The lowest BCUT2D eigenvalue weighted by atomic mass is 10.0. The van der Waals surface area contributed by atoms with Gasteiger partial charge < -0.3 is 10.0 Å². The number of carbonyl (C=O) groups is 1. The van der Waals surface area contributed by atoms with Crippen molar-refractivity contribution in [3.8, 4) is 0 Å². The van der Waals surface area contributed by atoms with Crippen molar-refractivity contribution < 1.29 is 23.1 Å². The minimum atomic E-state index is -4.39. The van der Waals surface area contributed by atoms with Crippen LogP contribution >= 0.6 is 0 Å². The number of rotatable bonds is 5. The number of hydrogen-bond donors (Lipinski definition) is 1. The van der Waals surface area contributed by atoms with E-state index < -0.39 is 17.7 Å². The first kappa shape index (κ1) is 19.4. The van der Waals surface area contributed by atoms with Crippen LogP contribution in [0.5, 0.6) is 0 Å². The second-order valence-corrected chi connectivity index (χ2v) is 6.73. The highest BCUT2D eigenvalue weighted by Crippen LogP contribution is 2.34. The summed E-state index contributed by atoms with van der Waals surface area (Å²) >= 11 is 0. The second kappa shape index (κ2) is 7.72. The van der Waals surface area contributed by atoms with E-state index in [4.69, 9.17) is 5.11 Å². The molecule has 0 bridgehead atoms. The molecule has 0 saturated carbocycles. The van der Waals surface area contributed by atoms with Crippen LogP contribution in [0.2, 0.25) is 0 Å². The Morgan fingerprint density at radius 2 is 2.00 bits per heavy atom. The third-order valence-corrected chi connectivity index (χ3v) is 5.11. The van der Waals surface area contributed by atoms with Gasteiger partial charge in [-0.1, -0.05) is 13.0 Å². The molecule has 1 aromatic carbocycles. The zero-order valence-electron chi connectivity index (χ0n) is 15.0. The number of benzene rings is 1. The summed E-state index contributed by atoms with van der Waals surface area (Å²) in [4.78, 5) is 19.2. The molecule has 0 unspecified atom stereocenters. The zero-order valence-corrected chi connectivity index (χ0v) is 15.0. The van der Waals surface area contributed by atoms with Gasteiger partial charge in [0.05, 0.1) is 17.6 Å². The van der Waals surface area contributed by atoms with Crippen molar-refractivity contribution in [2.75, 3.05) is 31.1 Å². The Bertz CT molecular complexity index is 817. The summed E-state index contributed by atoms with van der Waals surface area (Å²) in [6.45, 7) is 4.10. The molecule has 0 amide bonds.